The molecule has 0 saturated heterocycles. The first kappa shape index (κ1) is 43.8. The number of benzene rings is 1. The van der Waals surface area contributed by atoms with E-state index in [2.05, 4.69) is 13.8 Å². The number of phenols is 2. The van der Waals surface area contributed by atoms with Gasteiger partial charge in [0.15, 0.2) is 0 Å². The topological polar surface area (TPSA) is 49.7 Å². The molecular formula is C42H80O3. The van der Waals surface area contributed by atoms with Crippen molar-refractivity contribution in [3.05, 3.63) is 24.3 Å². The zero-order valence-electron chi connectivity index (χ0n) is 30.7. The summed E-state index contributed by atoms with van der Waals surface area (Å²) in [5, 5.41) is 17.3. The molecule has 3 nitrogen and oxygen atoms in total. The Morgan fingerprint density at radius 1 is 0.311 bits per heavy atom. The van der Waals surface area contributed by atoms with E-state index in [0.29, 0.717) is 0 Å². The smallest absolute Gasteiger partial charge is 0.115 e. The minimum atomic E-state index is 0.169. The van der Waals surface area contributed by atoms with Gasteiger partial charge in [-0.2, -0.15) is 0 Å². The second-order valence-corrected chi connectivity index (χ2v) is 13.7. The first-order chi connectivity index (χ1) is 22.2. The van der Waals surface area contributed by atoms with Crippen LogP contribution in [0.4, 0.5) is 0 Å². The highest BCUT2D eigenvalue weighted by Crippen LogP contribution is 2.16. The Labute approximate surface area is 282 Å². The van der Waals surface area contributed by atoms with Gasteiger partial charge in [0.1, 0.15) is 11.5 Å². The molecule has 1 aromatic carbocycles. The molecule has 0 bridgehead atoms. The normalized spacial score (nSPS) is 11.1. The van der Waals surface area contributed by atoms with E-state index in [-0.39, 0.29) is 11.5 Å². The van der Waals surface area contributed by atoms with Gasteiger partial charge in [-0.1, -0.05) is 206 Å². The van der Waals surface area contributed by atoms with Crippen LogP contribution in [0.2, 0.25) is 0 Å². The Bertz CT molecular complexity index is 589. The lowest BCUT2D eigenvalue weighted by Gasteiger charge is -2.06. The van der Waals surface area contributed by atoms with Crippen molar-refractivity contribution < 1.29 is 14.9 Å². The van der Waals surface area contributed by atoms with Crippen molar-refractivity contribution in [2.45, 2.75) is 219 Å². The molecule has 0 saturated carbocycles. The van der Waals surface area contributed by atoms with Crippen molar-refractivity contribution >= 4 is 0 Å². The van der Waals surface area contributed by atoms with Gasteiger partial charge in [-0.15, -0.1) is 0 Å². The second-order valence-electron chi connectivity index (χ2n) is 13.7. The fourth-order valence-corrected chi connectivity index (χ4v) is 6.06. The number of ether oxygens (including phenoxy) is 1. The van der Waals surface area contributed by atoms with Gasteiger partial charge < -0.3 is 14.9 Å². The lowest BCUT2D eigenvalue weighted by Crippen LogP contribution is -1.97. The van der Waals surface area contributed by atoms with Gasteiger partial charge in [0.2, 0.25) is 0 Å². The number of rotatable bonds is 34. The molecule has 0 aromatic heterocycles. The largest absolute Gasteiger partial charge is 0.508 e. The highest BCUT2D eigenvalue weighted by molar-refractivity contribution is 5.28. The van der Waals surface area contributed by atoms with E-state index in [9.17, 15) is 0 Å². The molecule has 1 aromatic rings. The molecule has 0 fully saturated rings. The fraction of sp³-hybridized carbons (Fsp3) is 0.857. The van der Waals surface area contributed by atoms with Crippen molar-refractivity contribution in [2.24, 2.45) is 0 Å². The van der Waals surface area contributed by atoms with Gasteiger partial charge in [-0.3, -0.25) is 0 Å². The SMILES string of the molecule is CCCCCCCCCCCCCCCCCCOCCCCCCCCCCCCCCCCCC.Oc1ccc(O)cc1. The Morgan fingerprint density at radius 2 is 0.489 bits per heavy atom. The number of hydrogen-bond acceptors (Lipinski definition) is 3. The third kappa shape index (κ3) is 38.9. The minimum Gasteiger partial charge on any atom is -0.508 e. The highest BCUT2D eigenvalue weighted by atomic mass is 16.5. The third-order valence-corrected chi connectivity index (χ3v) is 9.13. The fourth-order valence-electron chi connectivity index (χ4n) is 6.06. The number of phenolic OH excluding ortho intramolecular Hbond substituents is 2. The predicted molar refractivity (Wildman–Crippen MR) is 200 cm³/mol. The van der Waals surface area contributed by atoms with E-state index >= 15 is 0 Å². The Hall–Kier alpha value is -1.22. The molecule has 0 aliphatic heterocycles. The molecule has 0 spiro atoms. The maximum Gasteiger partial charge on any atom is 0.115 e. The van der Waals surface area contributed by atoms with E-state index < -0.39 is 0 Å². The summed E-state index contributed by atoms with van der Waals surface area (Å²) in [6, 6.07) is 5.70. The van der Waals surface area contributed by atoms with Crippen LogP contribution in [0.15, 0.2) is 24.3 Å². The van der Waals surface area contributed by atoms with Crippen LogP contribution in [-0.2, 0) is 4.74 Å². The molecule has 3 heteroatoms. The Balaban J connectivity index is 0.00000208. The summed E-state index contributed by atoms with van der Waals surface area (Å²) in [4.78, 5) is 0. The van der Waals surface area contributed by atoms with Crippen molar-refractivity contribution in [1.82, 2.24) is 0 Å². The number of hydrogen-bond donors (Lipinski definition) is 2. The van der Waals surface area contributed by atoms with E-state index in [1.807, 2.05) is 0 Å². The molecular weight excluding hydrogens is 552 g/mol. The maximum atomic E-state index is 8.65. The molecule has 266 valence electrons. The Morgan fingerprint density at radius 3 is 0.689 bits per heavy atom. The zero-order valence-corrected chi connectivity index (χ0v) is 30.7. The van der Waals surface area contributed by atoms with Crippen molar-refractivity contribution in [2.75, 3.05) is 13.2 Å². The second kappa shape index (κ2) is 39.0. The van der Waals surface area contributed by atoms with Gasteiger partial charge in [0, 0.05) is 13.2 Å². The average Bonchev–Trinajstić information content (AvgIpc) is 3.05. The minimum absolute atomic E-state index is 0.169. The van der Waals surface area contributed by atoms with Crippen LogP contribution in [0, 0.1) is 0 Å². The molecule has 0 aliphatic rings. The van der Waals surface area contributed by atoms with E-state index in [4.69, 9.17) is 14.9 Å². The first-order valence-electron chi connectivity index (χ1n) is 20.3. The van der Waals surface area contributed by atoms with Gasteiger partial charge in [-0.25, -0.2) is 0 Å². The lowest BCUT2D eigenvalue weighted by atomic mass is 10.0. The van der Waals surface area contributed by atoms with Crippen molar-refractivity contribution in [3.8, 4) is 11.5 Å². The molecule has 0 aliphatic carbocycles. The highest BCUT2D eigenvalue weighted by Gasteiger charge is 1.97. The summed E-state index contributed by atoms with van der Waals surface area (Å²) < 4.78 is 5.87. The molecule has 0 unspecified atom stereocenters. The number of unbranched alkanes of at least 4 members (excludes halogenated alkanes) is 30. The van der Waals surface area contributed by atoms with Crippen molar-refractivity contribution in [1.29, 1.82) is 0 Å². The van der Waals surface area contributed by atoms with Crippen LogP contribution in [0.1, 0.15) is 219 Å². The van der Waals surface area contributed by atoms with E-state index in [0.717, 1.165) is 13.2 Å². The first-order valence-corrected chi connectivity index (χ1v) is 20.3. The van der Waals surface area contributed by atoms with E-state index in [1.165, 1.54) is 230 Å². The van der Waals surface area contributed by atoms with Crippen LogP contribution in [0.5, 0.6) is 11.5 Å². The van der Waals surface area contributed by atoms with Gasteiger partial charge >= 0.3 is 0 Å². The van der Waals surface area contributed by atoms with Crippen LogP contribution in [0.25, 0.3) is 0 Å². The monoisotopic (exact) mass is 633 g/mol. The summed E-state index contributed by atoms with van der Waals surface area (Å²) in [6.07, 6.45) is 46.0. The molecule has 2 N–H and O–H groups in total. The van der Waals surface area contributed by atoms with E-state index in [1.54, 1.807) is 0 Å². The third-order valence-electron chi connectivity index (χ3n) is 9.13. The van der Waals surface area contributed by atoms with Gasteiger partial charge in [0.25, 0.3) is 0 Å². The molecule has 0 atom stereocenters. The van der Waals surface area contributed by atoms with Crippen LogP contribution in [0.3, 0.4) is 0 Å². The summed E-state index contributed by atoms with van der Waals surface area (Å²) in [7, 11) is 0. The van der Waals surface area contributed by atoms with Crippen LogP contribution in [-0.4, -0.2) is 23.4 Å². The van der Waals surface area contributed by atoms with Crippen LogP contribution < -0.4 is 0 Å². The zero-order chi connectivity index (χ0) is 32.7. The lowest BCUT2D eigenvalue weighted by molar-refractivity contribution is 0.125. The number of aromatic hydroxyl groups is 2. The summed E-state index contributed by atoms with van der Waals surface area (Å²) in [6.45, 7) is 6.60. The van der Waals surface area contributed by atoms with Gasteiger partial charge in [-0.05, 0) is 37.1 Å². The molecule has 0 amide bonds. The quantitative estimate of drug-likeness (QED) is 0.0587. The molecule has 0 radical (unpaired) electrons. The summed E-state index contributed by atoms with van der Waals surface area (Å²) in [5.74, 6) is 0.339. The van der Waals surface area contributed by atoms with Crippen LogP contribution >= 0.6 is 0 Å². The standard InChI is InChI=1S/C36H74O.C6H6O2/c1-3-5-7-9-11-13-15-17-19-21-23-25-27-29-31-33-35-37-36-34-32-30-28-26-24-22-20-18-16-14-12-10-8-6-4-2;7-5-1-2-6(8)4-3-5/h3-36H2,1-2H3;1-4,7-8H. The molecule has 1 rings (SSSR count). The predicted octanol–water partition coefficient (Wildman–Crippen LogP) is 14.6. The molecule has 0 heterocycles. The maximum absolute atomic E-state index is 8.65. The summed E-state index contributed by atoms with van der Waals surface area (Å²) in [5.41, 5.74) is 0. The average molecular weight is 633 g/mol. The molecule has 45 heavy (non-hydrogen) atoms. The Kier molecular flexibility index (Phi) is 37.9. The van der Waals surface area contributed by atoms with Crippen molar-refractivity contribution in [3.63, 3.8) is 0 Å². The summed E-state index contributed by atoms with van der Waals surface area (Å²) >= 11 is 0. The van der Waals surface area contributed by atoms with Gasteiger partial charge in [0.05, 0.1) is 0 Å².